The van der Waals surface area contributed by atoms with E-state index in [1.807, 2.05) is 17.4 Å². The zero-order valence-electron chi connectivity index (χ0n) is 25.4. The van der Waals surface area contributed by atoms with Crippen molar-refractivity contribution in [3.8, 4) is 28.7 Å². The molecule has 0 fully saturated rings. The molecule has 0 aliphatic heterocycles. The molecular formula is C45H27NS. The number of thiophene rings is 1. The molecule has 0 N–H and O–H groups in total. The second-order valence-corrected chi connectivity index (χ2v) is 13.4. The van der Waals surface area contributed by atoms with E-state index < -0.39 is 5.41 Å². The Kier molecular flexibility index (Phi) is 5.64. The summed E-state index contributed by atoms with van der Waals surface area (Å²) in [6.45, 7) is 0. The zero-order valence-corrected chi connectivity index (χ0v) is 26.3. The normalized spacial score (nSPS) is 15.1. The Morgan fingerprint density at radius 2 is 1.17 bits per heavy atom. The molecule has 10 rings (SSSR count). The van der Waals surface area contributed by atoms with Crippen LogP contribution in [0.4, 0.5) is 0 Å². The lowest BCUT2D eigenvalue weighted by atomic mass is 9.73. The number of aromatic nitrogens is 1. The van der Waals surface area contributed by atoms with E-state index in [2.05, 4.69) is 174 Å². The average molecular weight is 614 g/mol. The monoisotopic (exact) mass is 613 g/mol. The van der Waals surface area contributed by atoms with E-state index in [1.165, 1.54) is 69.8 Å². The summed E-state index contributed by atoms with van der Waals surface area (Å²) in [6, 6.07) is 59.4. The molecule has 2 heteroatoms. The third kappa shape index (κ3) is 3.78. The molecule has 1 aliphatic carbocycles. The first-order valence-corrected chi connectivity index (χ1v) is 16.8. The second-order valence-electron chi connectivity index (χ2n) is 12.3. The third-order valence-electron chi connectivity index (χ3n) is 9.83. The summed E-state index contributed by atoms with van der Waals surface area (Å²) in [5, 5.41) is 5.19. The summed E-state index contributed by atoms with van der Waals surface area (Å²) in [5.41, 5.74) is 10.1. The highest BCUT2D eigenvalue weighted by Gasteiger charge is 2.44. The van der Waals surface area contributed by atoms with Crippen LogP contribution >= 0.6 is 11.3 Å². The summed E-state index contributed by atoms with van der Waals surface area (Å²) in [7, 11) is 0. The number of para-hydroxylation sites is 1. The minimum absolute atomic E-state index is 0.628. The van der Waals surface area contributed by atoms with Crippen LogP contribution < -0.4 is 0 Å². The maximum absolute atomic E-state index is 3.87. The van der Waals surface area contributed by atoms with Crippen LogP contribution in [-0.2, 0) is 5.41 Å². The lowest BCUT2D eigenvalue weighted by Gasteiger charge is -2.28. The van der Waals surface area contributed by atoms with Gasteiger partial charge in [0.1, 0.15) is 5.41 Å². The van der Waals surface area contributed by atoms with E-state index in [4.69, 9.17) is 0 Å². The molecule has 1 unspecified atom stereocenters. The van der Waals surface area contributed by atoms with Crippen molar-refractivity contribution in [2.75, 3.05) is 0 Å². The highest BCUT2D eigenvalue weighted by Crippen LogP contribution is 2.53. The minimum Gasteiger partial charge on any atom is -0.309 e. The fourth-order valence-electron chi connectivity index (χ4n) is 7.77. The molecule has 1 nitrogen and oxygen atoms in total. The van der Waals surface area contributed by atoms with Crippen molar-refractivity contribution in [1.29, 1.82) is 0 Å². The van der Waals surface area contributed by atoms with E-state index in [1.54, 1.807) is 0 Å². The molecule has 0 saturated carbocycles. The highest BCUT2D eigenvalue weighted by molar-refractivity contribution is 7.25. The molecule has 0 radical (unpaired) electrons. The number of nitrogens with zero attached hydrogens (tertiary/aromatic N) is 1. The van der Waals surface area contributed by atoms with Crippen LogP contribution in [0.25, 0.3) is 58.8 Å². The molecular weight excluding hydrogens is 587 g/mol. The first-order valence-electron chi connectivity index (χ1n) is 16.0. The van der Waals surface area contributed by atoms with Crippen molar-refractivity contribution >= 4 is 53.3 Å². The van der Waals surface area contributed by atoms with Crippen LogP contribution in [0.2, 0.25) is 0 Å². The summed E-state index contributed by atoms with van der Waals surface area (Å²) >= 11 is 1.87. The Labute approximate surface area is 277 Å². The smallest absolute Gasteiger partial charge is 0.108 e. The maximum atomic E-state index is 3.87. The van der Waals surface area contributed by atoms with Crippen molar-refractivity contribution in [2.24, 2.45) is 0 Å². The molecule has 0 spiro atoms. The van der Waals surface area contributed by atoms with Gasteiger partial charge >= 0.3 is 0 Å². The van der Waals surface area contributed by atoms with E-state index >= 15 is 0 Å². The lowest BCUT2D eigenvalue weighted by molar-refractivity contribution is 0.835. The molecule has 2 heterocycles. The largest absolute Gasteiger partial charge is 0.309 e. The van der Waals surface area contributed by atoms with Gasteiger partial charge in [0.2, 0.25) is 0 Å². The van der Waals surface area contributed by atoms with Gasteiger partial charge < -0.3 is 4.57 Å². The van der Waals surface area contributed by atoms with Crippen molar-refractivity contribution in [3.63, 3.8) is 0 Å². The summed E-state index contributed by atoms with van der Waals surface area (Å²) in [6.07, 6.45) is 0. The number of hydrogen-bond donors (Lipinski definition) is 0. The van der Waals surface area contributed by atoms with Crippen molar-refractivity contribution in [2.45, 2.75) is 5.41 Å². The fourth-order valence-corrected chi connectivity index (χ4v) is 8.89. The molecule has 0 saturated heterocycles. The van der Waals surface area contributed by atoms with E-state index in [0.717, 1.165) is 11.3 Å². The Bertz CT molecular complexity index is 2740. The molecule has 2 aromatic heterocycles. The van der Waals surface area contributed by atoms with Crippen LogP contribution in [0.15, 0.2) is 164 Å². The van der Waals surface area contributed by atoms with Gasteiger partial charge in [-0.2, -0.15) is 0 Å². The van der Waals surface area contributed by atoms with Crippen LogP contribution in [0.3, 0.4) is 0 Å². The molecule has 9 aromatic rings. The van der Waals surface area contributed by atoms with E-state index in [9.17, 15) is 0 Å². The fraction of sp³-hybridized carbons (Fsp3) is 0.0222. The Morgan fingerprint density at radius 3 is 2.04 bits per heavy atom. The van der Waals surface area contributed by atoms with Gasteiger partial charge in [0, 0.05) is 42.2 Å². The van der Waals surface area contributed by atoms with Gasteiger partial charge in [0.05, 0.1) is 11.0 Å². The highest BCUT2D eigenvalue weighted by atomic mass is 32.1. The number of rotatable bonds is 2. The minimum atomic E-state index is -0.628. The summed E-state index contributed by atoms with van der Waals surface area (Å²) in [5.74, 6) is 7.47. The Morgan fingerprint density at radius 1 is 0.468 bits per heavy atom. The second kappa shape index (κ2) is 10.1. The first-order chi connectivity index (χ1) is 23.3. The molecule has 7 aromatic carbocycles. The molecule has 218 valence electrons. The Hall–Kier alpha value is -5.88. The average Bonchev–Trinajstić information content (AvgIpc) is 3.76. The van der Waals surface area contributed by atoms with E-state index in [-0.39, 0.29) is 0 Å². The van der Waals surface area contributed by atoms with Crippen LogP contribution in [0, 0.1) is 11.8 Å². The summed E-state index contributed by atoms with van der Waals surface area (Å²) in [4.78, 5) is 0. The van der Waals surface area contributed by atoms with Gasteiger partial charge in [0.25, 0.3) is 0 Å². The van der Waals surface area contributed by atoms with Crippen LogP contribution in [0.1, 0.15) is 22.3 Å². The Balaban J connectivity index is 1.29. The number of hydrogen-bond acceptors (Lipinski definition) is 1. The van der Waals surface area contributed by atoms with Gasteiger partial charge in [-0.15, -0.1) is 11.3 Å². The van der Waals surface area contributed by atoms with Crippen LogP contribution in [-0.4, -0.2) is 4.57 Å². The standard InChI is InChI=1S/C45H27NS/c1-3-13-30(14-4-1)25-26-45(31-15-5-2-6-16-31)39-20-10-7-17-33(39)34-24-23-32(27-40(34)45)46-41-21-11-8-18-35(41)37-28-38-36-19-9-12-22-43(36)47-44(38)29-42(37)46/h1-24,27-29H. The lowest BCUT2D eigenvalue weighted by Crippen LogP contribution is -2.25. The molecule has 0 amide bonds. The quantitative estimate of drug-likeness (QED) is 0.171. The first kappa shape index (κ1) is 26.3. The van der Waals surface area contributed by atoms with Crippen LogP contribution in [0.5, 0.6) is 0 Å². The summed E-state index contributed by atoms with van der Waals surface area (Å²) < 4.78 is 5.09. The van der Waals surface area contributed by atoms with Gasteiger partial charge in [-0.3, -0.25) is 0 Å². The number of fused-ring (bicyclic) bond motifs is 9. The van der Waals surface area contributed by atoms with Crippen molar-refractivity contribution < 1.29 is 0 Å². The SMILES string of the molecule is C(#CC1(c2ccccc2)c2ccccc2-c2ccc(-n3c4ccccc4c4cc5c(cc43)sc3ccccc35)cc21)c1ccccc1. The van der Waals surface area contributed by atoms with Gasteiger partial charge in [-0.1, -0.05) is 127 Å². The number of benzene rings is 7. The molecule has 1 aliphatic rings. The molecule has 47 heavy (non-hydrogen) atoms. The predicted molar refractivity (Wildman–Crippen MR) is 199 cm³/mol. The molecule has 1 atom stereocenters. The zero-order chi connectivity index (χ0) is 31.0. The van der Waals surface area contributed by atoms with Crippen molar-refractivity contribution in [3.05, 3.63) is 186 Å². The predicted octanol–water partition coefficient (Wildman–Crippen LogP) is 11.5. The topological polar surface area (TPSA) is 4.93 Å². The van der Waals surface area contributed by atoms with Gasteiger partial charge in [-0.05, 0) is 76.3 Å². The van der Waals surface area contributed by atoms with Gasteiger partial charge in [-0.25, -0.2) is 0 Å². The third-order valence-corrected chi connectivity index (χ3v) is 11.0. The van der Waals surface area contributed by atoms with Crippen molar-refractivity contribution in [1.82, 2.24) is 4.57 Å². The maximum Gasteiger partial charge on any atom is 0.108 e. The van der Waals surface area contributed by atoms with E-state index in [0.29, 0.717) is 0 Å². The van der Waals surface area contributed by atoms with Gasteiger partial charge in [0.15, 0.2) is 0 Å². The molecule has 0 bridgehead atoms.